The largest absolute Gasteiger partial charge is 0.388 e. The molecule has 1 N–H and O–H groups in total. The number of hydrogen-bond acceptors (Lipinski definition) is 5. The van der Waals surface area contributed by atoms with Crippen LogP contribution in [0.2, 0.25) is 0 Å². The molecule has 0 saturated carbocycles. The summed E-state index contributed by atoms with van der Waals surface area (Å²) >= 11 is 0. The quantitative estimate of drug-likeness (QED) is 0.564. The molecule has 3 rings (SSSR count). The van der Waals surface area contributed by atoms with Gasteiger partial charge in [0.25, 0.3) is 0 Å². The van der Waals surface area contributed by atoms with Gasteiger partial charge in [0, 0.05) is 6.20 Å². The molecule has 0 radical (unpaired) electrons. The second-order valence-electron chi connectivity index (χ2n) is 7.65. The van der Waals surface area contributed by atoms with E-state index < -0.39 is 6.10 Å². The Kier molecular flexibility index (Phi) is 8.45. The number of benzene rings is 1. The van der Waals surface area contributed by atoms with Crippen molar-refractivity contribution in [2.24, 2.45) is 0 Å². The number of nitrogens with zero attached hydrogens (tertiary/aromatic N) is 3. The van der Waals surface area contributed by atoms with E-state index in [1.54, 1.807) is 0 Å². The van der Waals surface area contributed by atoms with Gasteiger partial charge in [0.2, 0.25) is 0 Å². The number of rotatable bonds is 12. The Morgan fingerprint density at radius 3 is 2.75 bits per heavy atom. The van der Waals surface area contributed by atoms with Crippen LogP contribution in [-0.4, -0.2) is 45.0 Å². The summed E-state index contributed by atoms with van der Waals surface area (Å²) in [4.78, 5) is 0. The number of hydrogen-bond donors (Lipinski definition) is 1. The average molecular weight is 388 g/mol. The third-order valence-corrected chi connectivity index (χ3v) is 5.25. The van der Waals surface area contributed by atoms with Crippen molar-refractivity contribution < 1.29 is 14.6 Å². The summed E-state index contributed by atoms with van der Waals surface area (Å²) in [5.41, 5.74) is 2.11. The molecule has 0 unspecified atom stereocenters. The van der Waals surface area contributed by atoms with Crippen LogP contribution in [0.5, 0.6) is 0 Å². The molecule has 2 aromatic rings. The summed E-state index contributed by atoms with van der Waals surface area (Å²) in [7, 11) is 0. The molecule has 3 atom stereocenters. The summed E-state index contributed by atoms with van der Waals surface area (Å²) in [6.07, 6.45) is 9.42. The fourth-order valence-corrected chi connectivity index (χ4v) is 3.61. The summed E-state index contributed by atoms with van der Waals surface area (Å²) in [5, 5.41) is 18.7. The lowest BCUT2D eigenvalue weighted by molar-refractivity contribution is -0.0513. The van der Waals surface area contributed by atoms with Crippen LogP contribution in [0.3, 0.4) is 0 Å². The minimum absolute atomic E-state index is 0.220. The van der Waals surface area contributed by atoms with E-state index in [4.69, 9.17) is 9.47 Å². The average Bonchev–Trinajstić information content (AvgIpc) is 3.30. The third kappa shape index (κ3) is 6.40. The SMILES string of the molecule is CCCCCCCCc1cn(C[C@H]2OC[C@@H](O)[C@@H]2OCc2ccccc2)nn1. The molecule has 1 saturated heterocycles. The highest BCUT2D eigenvalue weighted by Gasteiger charge is 2.37. The lowest BCUT2D eigenvalue weighted by atomic mass is 10.1. The maximum Gasteiger partial charge on any atom is 0.114 e. The summed E-state index contributed by atoms with van der Waals surface area (Å²) in [5.74, 6) is 0. The molecule has 1 aliphatic heterocycles. The van der Waals surface area contributed by atoms with Gasteiger partial charge in [-0.1, -0.05) is 74.6 Å². The van der Waals surface area contributed by atoms with E-state index in [1.807, 2.05) is 41.2 Å². The van der Waals surface area contributed by atoms with E-state index in [9.17, 15) is 5.11 Å². The molecule has 6 nitrogen and oxygen atoms in total. The molecular weight excluding hydrogens is 354 g/mol. The fraction of sp³-hybridized carbons (Fsp3) is 0.636. The Balaban J connectivity index is 1.44. The van der Waals surface area contributed by atoms with Crippen LogP contribution in [0.4, 0.5) is 0 Å². The van der Waals surface area contributed by atoms with Crippen LogP contribution in [0.25, 0.3) is 0 Å². The van der Waals surface area contributed by atoms with E-state index in [-0.39, 0.29) is 12.2 Å². The van der Waals surface area contributed by atoms with Gasteiger partial charge in [-0.2, -0.15) is 0 Å². The van der Waals surface area contributed by atoms with Crippen LogP contribution >= 0.6 is 0 Å². The van der Waals surface area contributed by atoms with E-state index in [1.165, 1.54) is 32.1 Å². The minimum Gasteiger partial charge on any atom is -0.388 e. The van der Waals surface area contributed by atoms with Crippen molar-refractivity contribution in [2.45, 2.75) is 83.3 Å². The van der Waals surface area contributed by atoms with Crippen molar-refractivity contribution >= 4 is 0 Å². The van der Waals surface area contributed by atoms with Crippen molar-refractivity contribution in [1.82, 2.24) is 15.0 Å². The molecule has 0 amide bonds. The van der Waals surface area contributed by atoms with Crippen molar-refractivity contribution in [3.63, 3.8) is 0 Å². The normalized spacial score (nSPS) is 22.0. The van der Waals surface area contributed by atoms with E-state index >= 15 is 0 Å². The van der Waals surface area contributed by atoms with Crippen LogP contribution < -0.4 is 0 Å². The first-order chi connectivity index (χ1) is 13.8. The smallest absolute Gasteiger partial charge is 0.114 e. The number of aryl methyl sites for hydroxylation is 1. The van der Waals surface area contributed by atoms with Gasteiger partial charge in [0.15, 0.2) is 0 Å². The van der Waals surface area contributed by atoms with Crippen LogP contribution in [0.1, 0.15) is 56.7 Å². The zero-order chi connectivity index (χ0) is 19.6. The number of aliphatic hydroxyl groups excluding tert-OH is 1. The molecule has 1 aromatic heterocycles. The highest BCUT2D eigenvalue weighted by Crippen LogP contribution is 2.21. The summed E-state index contributed by atoms with van der Waals surface area (Å²) in [6.45, 7) is 3.54. The number of aromatic nitrogens is 3. The first kappa shape index (κ1) is 21.0. The molecule has 0 bridgehead atoms. The van der Waals surface area contributed by atoms with Gasteiger partial charge in [-0.25, -0.2) is 4.68 Å². The fourth-order valence-electron chi connectivity index (χ4n) is 3.61. The highest BCUT2D eigenvalue weighted by atomic mass is 16.6. The molecule has 154 valence electrons. The van der Waals surface area contributed by atoms with Gasteiger partial charge in [0.1, 0.15) is 18.3 Å². The van der Waals surface area contributed by atoms with Gasteiger partial charge in [-0.05, 0) is 18.4 Å². The van der Waals surface area contributed by atoms with Gasteiger partial charge in [-0.15, -0.1) is 5.10 Å². The number of ether oxygens (including phenoxy) is 2. The molecule has 2 heterocycles. The van der Waals surface area contributed by atoms with E-state index in [0.29, 0.717) is 19.8 Å². The molecule has 28 heavy (non-hydrogen) atoms. The Morgan fingerprint density at radius 1 is 1.14 bits per heavy atom. The standard InChI is InChI=1S/C22H33N3O3/c1-2-3-4-5-6-10-13-19-14-25(24-23-19)15-21-22(20(26)17-27-21)28-16-18-11-8-7-9-12-18/h7-9,11-12,14,20-22,26H,2-6,10,13,15-17H2,1H3/t20-,21-,22+/m1/s1. The van der Waals surface area contributed by atoms with Gasteiger partial charge >= 0.3 is 0 Å². The Hall–Kier alpha value is -1.76. The zero-order valence-electron chi connectivity index (χ0n) is 16.9. The predicted molar refractivity (Wildman–Crippen MR) is 108 cm³/mol. The second-order valence-corrected chi connectivity index (χ2v) is 7.65. The maximum atomic E-state index is 10.2. The first-order valence-electron chi connectivity index (χ1n) is 10.6. The van der Waals surface area contributed by atoms with Gasteiger partial charge in [-0.3, -0.25) is 0 Å². The minimum atomic E-state index is -0.611. The van der Waals surface area contributed by atoms with Crippen LogP contribution in [0, 0.1) is 0 Å². The lowest BCUT2D eigenvalue weighted by Gasteiger charge is -2.20. The summed E-state index contributed by atoms with van der Waals surface area (Å²) < 4.78 is 13.5. The third-order valence-electron chi connectivity index (χ3n) is 5.25. The lowest BCUT2D eigenvalue weighted by Crippen LogP contribution is -2.35. The van der Waals surface area contributed by atoms with Crippen LogP contribution in [-0.2, 0) is 29.0 Å². The monoisotopic (exact) mass is 387 g/mol. The zero-order valence-corrected chi connectivity index (χ0v) is 16.9. The first-order valence-corrected chi connectivity index (χ1v) is 10.6. The molecule has 1 aliphatic rings. The Labute approximate surface area is 167 Å². The molecule has 0 spiro atoms. The Morgan fingerprint density at radius 2 is 1.93 bits per heavy atom. The molecule has 6 heteroatoms. The highest BCUT2D eigenvalue weighted by molar-refractivity contribution is 5.13. The maximum absolute atomic E-state index is 10.2. The predicted octanol–water partition coefficient (Wildman–Crippen LogP) is 3.53. The van der Waals surface area contributed by atoms with Crippen LogP contribution in [0.15, 0.2) is 36.5 Å². The Bertz CT molecular complexity index is 677. The molecule has 1 fully saturated rings. The molecule has 0 aliphatic carbocycles. The molecular formula is C22H33N3O3. The topological polar surface area (TPSA) is 69.4 Å². The van der Waals surface area contributed by atoms with Gasteiger partial charge in [0.05, 0.1) is 25.5 Å². The van der Waals surface area contributed by atoms with Crippen molar-refractivity contribution in [1.29, 1.82) is 0 Å². The van der Waals surface area contributed by atoms with Crippen molar-refractivity contribution in [2.75, 3.05) is 6.61 Å². The van der Waals surface area contributed by atoms with Crippen molar-refractivity contribution in [3.05, 3.63) is 47.8 Å². The number of unbranched alkanes of at least 4 members (excludes halogenated alkanes) is 5. The second kappa shape index (κ2) is 11.3. The van der Waals surface area contributed by atoms with E-state index in [2.05, 4.69) is 17.2 Å². The molecule has 1 aromatic carbocycles. The van der Waals surface area contributed by atoms with E-state index in [0.717, 1.165) is 24.1 Å². The van der Waals surface area contributed by atoms with Gasteiger partial charge < -0.3 is 14.6 Å². The number of aliphatic hydroxyl groups is 1. The summed E-state index contributed by atoms with van der Waals surface area (Å²) in [6, 6.07) is 9.98. The van der Waals surface area contributed by atoms with Crippen molar-refractivity contribution in [3.8, 4) is 0 Å².